The quantitative estimate of drug-likeness (QED) is 0.592. The molecule has 0 saturated heterocycles. The van der Waals surface area contributed by atoms with Gasteiger partial charge in [0, 0.05) is 13.2 Å². The van der Waals surface area contributed by atoms with Gasteiger partial charge < -0.3 is 4.90 Å². The molecule has 0 amide bonds. The first kappa shape index (κ1) is 8.60. The molecular formula is C8H11ClFN. The number of allylic oxidation sites excluding steroid dienone is 2. The summed E-state index contributed by atoms with van der Waals surface area (Å²) in [6, 6.07) is -0.127. The fourth-order valence-electron chi connectivity index (χ4n) is 1.23. The molecule has 11 heavy (non-hydrogen) atoms. The average molecular weight is 176 g/mol. The highest BCUT2D eigenvalue weighted by atomic mass is 35.5. The molecule has 0 bridgehead atoms. The van der Waals surface area contributed by atoms with Crippen molar-refractivity contribution < 1.29 is 4.39 Å². The van der Waals surface area contributed by atoms with E-state index in [4.69, 9.17) is 11.6 Å². The van der Waals surface area contributed by atoms with Crippen LogP contribution in [0.1, 0.15) is 13.3 Å². The summed E-state index contributed by atoms with van der Waals surface area (Å²) in [5.41, 5.74) is 0. The maximum atomic E-state index is 13.0. The topological polar surface area (TPSA) is 3.24 Å². The van der Waals surface area contributed by atoms with Crippen LogP contribution in [0.15, 0.2) is 23.1 Å². The number of nitrogens with zero attached hydrogens (tertiary/aromatic N) is 1. The molecule has 0 fully saturated rings. The van der Waals surface area contributed by atoms with E-state index in [9.17, 15) is 4.39 Å². The zero-order valence-corrected chi connectivity index (χ0v) is 7.40. The van der Waals surface area contributed by atoms with E-state index in [1.54, 1.807) is 11.1 Å². The van der Waals surface area contributed by atoms with Crippen molar-refractivity contribution in [3.05, 3.63) is 23.1 Å². The minimum absolute atomic E-state index is 0.127. The van der Waals surface area contributed by atoms with Gasteiger partial charge in [0.2, 0.25) is 0 Å². The second-order valence-corrected chi connectivity index (χ2v) is 3.07. The van der Waals surface area contributed by atoms with Crippen molar-refractivity contribution in [1.82, 2.24) is 4.90 Å². The lowest BCUT2D eigenvalue weighted by atomic mass is 10.1. The van der Waals surface area contributed by atoms with Crippen LogP contribution in [-0.4, -0.2) is 18.0 Å². The molecule has 1 unspecified atom stereocenters. The Balaban J connectivity index is 2.82. The molecule has 1 rings (SSSR count). The summed E-state index contributed by atoms with van der Waals surface area (Å²) in [6.45, 7) is 1.95. The maximum Gasteiger partial charge on any atom is 0.124 e. The molecule has 1 aliphatic heterocycles. The molecule has 0 aromatic carbocycles. The number of likely N-dealkylation sites (N-methyl/N-ethyl adjacent to an activating group) is 1. The first-order valence-electron chi connectivity index (χ1n) is 3.61. The van der Waals surface area contributed by atoms with Crippen LogP contribution < -0.4 is 0 Å². The molecule has 62 valence electrons. The summed E-state index contributed by atoms with van der Waals surface area (Å²) in [4.78, 5) is 1.79. The lowest BCUT2D eigenvalue weighted by Crippen LogP contribution is -2.29. The largest absolute Gasteiger partial charge is 0.370 e. The molecule has 1 aliphatic rings. The van der Waals surface area contributed by atoms with Crippen molar-refractivity contribution >= 4 is 11.6 Å². The van der Waals surface area contributed by atoms with Crippen LogP contribution in [0.4, 0.5) is 4.39 Å². The van der Waals surface area contributed by atoms with Gasteiger partial charge in [-0.3, -0.25) is 0 Å². The third-order valence-electron chi connectivity index (χ3n) is 1.80. The van der Waals surface area contributed by atoms with Crippen molar-refractivity contribution in [3.8, 4) is 0 Å². The van der Waals surface area contributed by atoms with Gasteiger partial charge in [-0.1, -0.05) is 18.5 Å². The summed E-state index contributed by atoms with van der Waals surface area (Å²) >= 11 is 5.63. The number of rotatable bonds is 1. The van der Waals surface area contributed by atoms with Crippen LogP contribution in [0.25, 0.3) is 0 Å². The molecule has 0 N–H and O–H groups in total. The second-order valence-electron chi connectivity index (χ2n) is 2.63. The Kier molecular flexibility index (Phi) is 2.55. The first-order valence-corrected chi connectivity index (χ1v) is 3.99. The molecule has 3 heteroatoms. The zero-order chi connectivity index (χ0) is 8.43. The van der Waals surface area contributed by atoms with Crippen molar-refractivity contribution in [2.45, 2.75) is 19.4 Å². The van der Waals surface area contributed by atoms with Crippen LogP contribution in [-0.2, 0) is 0 Å². The van der Waals surface area contributed by atoms with Crippen molar-refractivity contribution in [2.24, 2.45) is 0 Å². The van der Waals surface area contributed by atoms with Crippen LogP contribution in [0.3, 0.4) is 0 Å². The fourth-order valence-corrected chi connectivity index (χ4v) is 1.49. The van der Waals surface area contributed by atoms with Gasteiger partial charge in [-0.25, -0.2) is 4.39 Å². The minimum Gasteiger partial charge on any atom is -0.370 e. The van der Waals surface area contributed by atoms with Crippen LogP contribution in [0.2, 0.25) is 0 Å². The molecule has 1 heterocycles. The predicted molar refractivity (Wildman–Crippen MR) is 45.0 cm³/mol. The van der Waals surface area contributed by atoms with Crippen molar-refractivity contribution in [3.63, 3.8) is 0 Å². The molecular weight excluding hydrogens is 165 g/mol. The SMILES string of the molecule is CCC1C(F)=CC(Cl)=CN1C. The maximum absolute atomic E-state index is 13.0. The van der Waals surface area contributed by atoms with E-state index in [2.05, 4.69) is 0 Å². The Bertz CT molecular complexity index is 210. The highest BCUT2D eigenvalue weighted by molar-refractivity contribution is 6.31. The first-order chi connectivity index (χ1) is 5.15. The molecule has 0 aliphatic carbocycles. The highest BCUT2D eigenvalue weighted by Gasteiger charge is 2.19. The second kappa shape index (κ2) is 3.26. The Morgan fingerprint density at radius 2 is 2.36 bits per heavy atom. The Labute approximate surface area is 71.1 Å². The average Bonchev–Trinajstić information content (AvgIpc) is 1.85. The van der Waals surface area contributed by atoms with E-state index in [0.29, 0.717) is 5.03 Å². The summed E-state index contributed by atoms with van der Waals surface area (Å²) in [7, 11) is 1.82. The summed E-state index contributed by atoms with van der Waals surface area (Å²) < 4.78 is 13.0. The molecule has 0 spiro atoms. The van der Waals surface area contributed by atoms with E-state index in [1.807, 2.05) is 14.0 Å². The van der Waals surface area contributed by atoms with Crippen molar-refractivity contribution in [2.75, 3.05) is 7.05 Å². The van der Waals surface area contributed by atoms with Crippen LogP contribution >= 0.6 is 11.6 Å². The van der Waals surface area contributed by atoms with Gasteiger partial charge in [-0.15, -0.1) is 0 Å². The normalized spacial score (nSPS) is 24.7. The monoisotopic (exact) mass is 175 g/mol. The zero-order valence-electron chi connectivity index (χ0n) is 6.64. The van der Waals surface area contributed by atoms with Gasteiger partial charge >= 0.3 is 0 Å². The van der Waals surface area contributed by atoms with E-state index in [1.165, 1.54) is 6.08 Å². The molecule has 1 nitrogen and oxygen atoms in total. The van der Waals surface area contributed by atoms with Crippen LogP contribution in [0, 0.1) is 0 Å². The Morgan fingerprint density at radius 3 is 2.82 bits per heavy atom. The minimum atomic E-state index is -0.150. The summed E-state index contributed by atoms with van der Waals surface area (Å²) in [5, 5.41) is 0.453. The van der Waals surface area contributed by atoms with Gasteiger partial charge in [-0.05, 0) is 12.5 Å². The van der Waals surface area contributed by atoms with E-state index in [-0.39, 0.29) is 11.9 Å². The third-order valence-corrected chi connectivity index (χ3v) is 2.01. The number of hydrogen-bond acceptors (Lipinski definition) is 1. The van der Waals surface area contributed by atoms with Gasteiger partial charge in [0.1, 0.15) is 5.83 Å². The number of halogens is 2. The van der Waals surface area contributed by atoms with Gasteiger partial charge in [0.05, 0.1) is 11.1 Å². The van der Waals surface area contributed by atoms with E-state index in [0.717, 1.165) is 6.42 Å². The molecule has 0 aromatic rings. The molecule has 0 radical (unpaired) electrons. The molecule has 0 saturated carbocycles. The summed E-state index contributed by atoms with van der Waals surface area (Å²) in [6.07, 6.45) is 3.87. The van der Waals surface area contributed by atoms with Crippen LogP contribution in [0.5, 0.6) is 0 Å². The van der Waals surface area contributed by atoms with Gasteiger partial charge in [0.25, 0.3) is 0 Å². The lowest BCUT2D eigenvalue weighted by molar-refractivity contribution is 0.308. The third kappa shape index (κ3) is 1.74. The number of hydrogen-bond donors (Lipinski definition) is 0. The standard InChI is InChI=1S/C8H11ClFN/c1-3-8-7(10)4-6(9)5-11(8)2/h4-5,8H,3H2,1-2H3. The van der Waals surface area contributed by atoms with E-state index >= 15 is 0 Å². The smallest absolute Gasteiger partial charge is 0.124 e. The Hall–Kier alpha value is -0.500. The van der Waals surface area contributed by atoms with Gasteiger partial charge in [-0.2, -0.15) is 0 Å². The van der Waals surface area contributed by atoms with E-state index < -0.39 is 0 Å². The predicted octanol–water partition coefficient (Wildman–Crippen LogP) is 2.64. The highest BCUT2D eigenvalue weighted by Crippen LogP contribution is 2.23. The Morgan fingerprint density at radius 1 is 1.73 bits per heavy atom. The van der Waals surface area contributed by atoms with Gasteiger partial charge in [0.15, 0.2) is 0 Å². The molecule has 0 aromatic heterocycles. The molecule has 1 atom stereocenters. The fraction of sp³-hybridized carbons (Fsp3) is 0.500. The van der Waals surface area contributed by atoms with Crippen molar-refractivity contribution in [1.29, 1.82) is 0 Å². The lowest BCUT2D eigenvalue weighted by Gasteiger charge is -2.27. The summed E-state index contributed by atoms with van der Waals surface area (Å²) in [5.74, 6) is -0.150.